The normalized spacial score (nSPS) is 10.7. The predicted molar refractivity (Wildman–Crippen MR) is 118 cm³/mol. The Balaban J connectivity index is 2.15. The van der Waals surface area contributed by atoms with Crippen LogP contribution in [0.5, 0.6) is 5.75 Å². The molecule has 0 saturated heterocycles. The standard InChI is InChI=1S/C22H24FN3O5/c1-4-24-19-12-17(31-10-9-30-3)11-18(23)22(19)14(2)25-15-5-7-16(8-6-15)26-20(27)13-21(28)29/h4-8,11-12,25H,2,9-10,13H2,1,3H3,(H,26,27)(H,28,29). The third-order valence-corrected chi connectivity index (χ3v) is 3.94. The first-order valence-electron chi connectivity index (χ1n) is 9.36. The molecule has 0 bridgehead atoms. The lowest BCUT2D eigenvalue weighted by Crippen LogP contribution is -2.15. The lowest BCUT2D eigenvalue weighted by Gasteiger charge is -2.15. The van der Waals surface area contributed by atoms with Gasteiger partial charge >= 0.3 is 5.97 Å². The van der Waals surface area contributed by atoms with E-state index in [9.17, 15) is 14.0 Å². The van der Waals surface area contributed by atoms with Crippen LogP contribution in [0.3, 0.4) is 0 Å². The molecule has 1 amide bonds. The minimum atomic E-state index is -1.21. The second-order valence-electron chi connectivity index (χ2n) is 6.33. The molecule has 0 fully saturated rings. The Morgan fingerprint density at radius 1 is 1.16 bits per heavy atom. The van der Waals surface area contributed by atoms with Crippen LogP contribution in [0.2, 0.25) is 0 Å². The SMILES string of the molecule is C=C(Nc1ccc(NC(=O)CC(=O)O)cc1)c1c(F)cc(OCCOC)cc1N=CC. The minimum Gasteiger partial charge on any atom is -0.491 e. The monoisotopic (exact) mass is 429 g/mol. The highest BCUT2D eigenvalue weighted by Crippen LogP contribution is 2.33. The van der Waals surface area contributed by atoms with Crippen molar-refractivity contribution >= 4 is 40.9 Å². The van der Waals surface area contributed by atoms with Crippen LogP contribution in [-0.4, -0.2) is 43.5 Å². The van der Waals surface area contributed by atoms with Crippen LogP contribution in [0.15, 0.2) is 48.0 Å². The van der Waals surface area contributed by atoms with Gasteiger partial charge < -0.3 is 25.2 Å². The molecule has 164 valence electrons. The summed E-state index contributed by atoms with van der Waals surface area (Å²) >= 11 is 0. The van der Waals surface area contributed by atoms with E-state index in [4.69, 9.17) is 14.6 Å². The summed E-state index contributed by atoms with van der Waals surface area (Å²) in [4.78, 5) is 26.3. The number of carboxylic acid groups (broad SMARTS) is 1. The number of nitrogens with one attached hydrogen (secondary N) is 2. The summed E-state index contributed by atoms with van der Waals surface area (Å²) in [6.07, 6.45) is 0.918. The van der Waals surface area contributed by atoms with Crippen LogP contribution in [0.25, 0.3) is 5.70 Å². The number of carbonyl (C=O) groups excluding carboxylic acids is 1. The molecule has 0 aliphatic rings. The Hall–Kier alpha value is -3.72. The minimum absolute atomic E-state index is 0.191. The van der Waals surface area contributed by atoms with Gasteiger partial charge in [-0.2, -0.15) is 0 Å². The van der Waals surface area contributed by atoms with Crippen molar-refractivity contribution in [2.24, 2.45) is 4.99 Å². The molecule has 0 radical (unpaired) electrons. The van der Waals surface area contributed by atoms with Crippen molar-refractivity contribution in [2.45, 2.75) is 13.3 Å². The number of methoxy groups -OCH3 is 1. The highest BCUT2D eigenvalue weighted by atomic mass is 19.1. The third kappa shape index (κ3) is 7.23. The zero-order chi connectivity index (χ0) is 22.8. The second kappa shape index (κ2) is 11.5. The first-order chi connectivity index (χ1) is 14.8. The summed E-state index contributed by atoms with van der Waals surface area (Å²) in [5.41, 5.74) is 1.85. The number of hydrogen-bond donors (Lipinski definition) is 3. The molecule has 2 rings (SSSR count). The highest BCUT2D eigenvalue weighted by molar-refractivity contribution is 6.01. The van der Waals surface area contributed by atoms with E-state index >= 15 is 0 Å². The molecule has 0 unspecified atom stereocenters. The topological polar surface area (TPSA) is 109 Å². The van der Waals surface area contributed by atoms with E-state index in [2.05, 4.69) is 22.2 Å². The first kappa shape index (κ1) is 23.6. The number of anilines is 2. The summed E-state index contributed by atoms with van der Waals surface area (Å²) < 4.78 is 25.2. The molecule has 0 aliphatic heterocycles. The summed E-state index contributed by atoms with van der Waals surface area (Å²) in [5.74, 6) is -2.07. The molecule has 0 saturated carbocycles. The Morgan fingerprint density at radius 2 is 1.81 bits per heavy atom. The van der Waals surface area contributed by atoms with Gasteiger partial charge in [-0.3, -0.25) is 14.6 Å². The zero-order valence-corrected chi connectivity index (χ0v) is 17.3. The highest BCUT2D eigenvalue weighted by Gasteiger charge is 2.15. The van der Waals surface area contributed by atoms with Crippen molar-refractivity contribution in [3.8, 4) is 5.75 Å². The molecular formula is C22H24FN3O5. The fraction of sp³-hybridized carbons (Fsp3) is 0.227. The van der Waals surface area contributed by atoms with E-state index in [1.165, 1.54) is 6.07 Å². The van der Waals surface area contributed by atoms with Crippen molar-refractivity contribution in [3.63, 3.8) is 0 Å². The van der Waals surface area contributed by atoms with E-state index in [0.29, 0.717) is 29.4 Å². The van der Waals surface area contributed by atoms with Crippen molar-refractivity contribution < 1.29 is 28.6 Å². The van der Waals surface area contributed by atoms with Crippen LogP contribution in [0, 0.1) is 5.82 Å². The molecule has 0 aromatic heterocycles. The largest absolute Gasteiger partial charge is 0.491 e. The predicted octanol–water partition coefficient (Wildman–Crippen LogP) is 4.07. The number of aliphatic carboxylic acids is 1. The summed E-state index contributed by atoms with van der Waals surface area (Å²) in [6.45, 7) is 6.28. The molecule has 8 nitrogen and oxygen atoms in total. The van der Waals surface area contributed by atoms with Crippen molar-refractivity contribution in [2.75, 3.05) is 31.0 Å². The molecule has 0 spiro atoms. The van der Waals surface area contributed by atoms with Gasteiger partial charge in [-0.1, -0.05) is 6.58 Å². The number of rotatable bonds is 11. The number of amides is 1. The summed E-state index contributed by atoms with van der Waals surface area (Å²) in [6, 6.07) is 9.33. The Morgan fingerprint density at radius 3 is 2.39 bits per heavy atom. The molecule has 0 aliphatic carbocycles. The van der Waals surface area contributed by atoms with Crippen LogP contribution in [-0.2, 0) is 14.3 Å². The number of nitrogens with zero attached hydrogens (tertiary/aromatic N) is 1. The quantitative estimate of drug-likeness (QED) is 0.282. The van der Waals surface area contributed by atoms with Crippen LogP contribution in [0.1, 0.15) is 18.9 Å². The number of hydrogen-bond acceptors (Lipinski definition) is 6. The molecule has 0 atom stereocenters. The summed E-state index contributed by atoms with van der Waals surface area (Å²) in [5, 5.41) is 14.1. The molecule has 2 aromatic rings. The molecule has 31 heavy (non-hydrogen) atoms. The van der Waals surface area contributed by atoms with Gasteiger partial charge in [0, 0.05) is 42.5 Å². The van der Waals surface area contributed by atoms with Gasteiger partial charge in [0.2, 0.25) is 5.91 Å². The zero-order valence-electron chi connectivity index (χ0n) is 17.3. The van der Waals surface area contributed by atoms with Gasteiger partial charge in [-0.25, -0.2) is 4.39 Å². The molecule has 3 N–H and O–H groups in total. The van der Waals surface area contributed by atoms with Gasteiger partial charge in [-0.05, 0) is 31.2 Å². The summed E-state index contributed by atoms with van der Waals surface area (Å²) in [7, 11) is 1.55. The van der Waals surface area contributed by atoms with Crippen LogP contribution in [0.4, 0.5) is 21.5 Å². The number of aliphatic imine (C=N–C) groups is 1. The maximum Gasteiger partial charge on any atom is 0.312 e. The first-order valence-corrected chi connectivity index (χ1v) is 9.36. The van der Waals surface area contributed by atoms with Crippen LogP contribution < -0.4 is 15.4 Å². The van der Waals surface area contributed by atoms with E-state index in [1.54, 1.807) is 50.6 Å². The molecule has 0 heterocycles. The van der Waals surface area contributed by atoms with Gasteiger partial charge in [0.15, 0.2) is 0 Å². The number of carboxylic acids is 1. The number of benzene rings is 2. The fourth-order valence-corrected chi connectivity index (χ4v) is 2.65. The molecule has 2 aromatic carbocycles. The third-order valence-electron chi connectivity index (χ3n) is 3.94. The maximum atomic E-state index is 14.8. The Labute approximate surface area is 179 Å². The number of halogens is 1. The van der Waals surface area contributed by atoms with Gasteiger partial charge in [0.05, 0.1) is 17.9 Å². The van der Waals surface area contributed by atoms with Crippen LogP contribution >= 0.6 is 0 Å². The van der Waals surface area contributed by atoms with Gasteiger partial charge in [0.1, 0.15) is 24.6 Å². The lowest BCUT2D eigenvalue weighted by molar-refractivity contribution is -0.139. The Bertz CT molecular complexity index is 974. The van der Waals surface area contributed by atoms with E-state index in [0.717, 1.165) is 0 Å². The average molecular weight is 429 g/mol. The smallest absolute Gasteiger partial charge is 0.312 e. The maximum absolute atomic E-state index is 14.8. The van der Waals surface area contributed by atoms with Crippen molar-refractivity contribution in [1.82, 2.24) is 0 Å². The molecule has 9 heteroatoms. The second-order valence-corrected chi connectivity index (χ2v) is 6.33. The number of carbonyl (C=O) groups is 2. The Kier molecular flexibility index (Phi) is 8.71. The number of ether oxygens (including phenoxy) is 2. The van der Waals surface area contributed by atoms with Gasteiger partial charge in [0.25, 0.3) is 0 Å². The lowest BCUT2D eigenvalue weighted by atomic mass is 10.1. The van der Waals surface area contributed by atoms with E-state index < -0.39 is 24.1 Å². The fourth-order valence-electron chi connectivity index (χ4n) is 2.65. The molecular weight excluding hydrogens is 405 g/mol. The average Bonchev–Trinajstić information content (AvgIpc) is 2.69. The van der Waals surface area contributed by atoms with Crippen molar-refractivity contribution in [3.05, 3.63) is 54.4 Å². The van der Waals surface area contributed by atoms with E-state index in [-0.39, 0.29) is 17.9 Å². The van der Waals surface area contributed by atoms with Gasteiger partial charge in [-0.15, -0.1) is 0 Å². The van der Waals surface area contributed by atoms with Crippen molar-refractivity contribution in [1.29, 1.82) is 0 Å². The van der Waals surface area contributed by atoms with E-state index in [1.807, 2.05) is 0 Å².